The molecule has 1 aromatic rings. The van der Waals surface area contributed by atoms with E-state index < -0.39 is 15.1 Å². The van der Waals surface area contributed by atoms with Gasteiger partial charge >= 0.3 is 0 Å². The number of pyridine rings is 1. The van der Waals surface area contributed by atoms with Crippen molar-refractivity contribution in [2.45, 2.75) is 26.5 Å². The Morgan fingerprint density at radius 1 is 1.44 bits per heavy atom. The first-order valence-corrected chi connectivity index (χ1v) is 8.33. The van der Waals surface area contributed by atoms with Gasteiger partial charge < -0.3 is 0 Å². The fraction of sp³-hybridized carbons (Fsp3) is 0.500. The molecule has 0 spiro atoms. The van der Waals surface area contributed by atoms with Crippen LogP contribution in [0.5, 0.6) is 0 Å². The summed E-state index contributed by atoms with van der Waals surface area (Å²) in [4.78, 5) is 15.9. The summed E-state index contributed by atoms with van der Waals surface area (Å²) in [6.07, 6.45) is 3.12. The van der Waals surface area contributed by atoms with Crippen molar-refractivity contribution in [3.63, 3.8) is 0 Å². The average molecular weight is 333 g/mol. The highest BCUT2D eigenvalue weighted by Gasteiger charge is 2.22. The van der Waals surface area contributed by atoms with Gasteiger partial charge in [-0.2, -0.15) is 4.36 Å². The van der Waals surface area contributed by atoms with Crippen LogP contribution in [0.4, 0.5) is 0 Å². The molecule has 0 aliphatic rings. The highest BCUT2D eigenvalue weighted by molar-refractivity contribution is 9.10. The number of rotatable bonds is 2. The molecule has 1 amide bonds. The summed E-state index contributed by atoms with van der Waals surface area (Å²) in [5.41, 5.74) is 0.0578. The van der Waals surface area contributed by atoms with Gasteiger partial charge in [0.1, 0.15) is 0 Å². The van der Waals surface area contributed by atoms with E-state index in [4.69, 9.17) is 0 Å². The molecular formula is C12H17BrN2O2S. The molecule has 100 valence electrons. The molecule has 0 aromatic carbocycles. The summed E-state index contributed by atoms with van der Waals surface area (Å²) in [7, 11) is -2.58. The third-order valence-electron chi connectivity index (χ3n) is 2.12. The van der Waals surface area contributed by atoms with Gasteiger partial charge in [-0.1, -0.05) is 20.8 Å². The Morgan fingerprint density at radius 2 is 2.06 bits per heavy atom. The van der Waals surface area contributed by atoms with Gasteiger partial charge in [0, 0.05) is 22.3 Å². The summed E-state index contributed by atoms with van der Waals surface area (Å²) in [6, 6.07) is 3.59. The van der Waals surface area contributed by atoms with Gasteiger partial charge in [0.25, 0.3) is 5.91 Å². The summed E-state index contributed by atoms with van der Waals surface area (Å²) >= 11 is 3.28. The van der Waals surface area contributed by atoms with Crippen LogP contribution < -0.4 is 0 Å². The Balaban J connectivity index is 2.95. The number of hydrogen-bond donors (Lipinski definition) is 0. The lowest BCUT2D eigenvalue weighted by Crippen LogP contribution is -2.20. The fourth-order valence-electron chi connectivity index (χ4n) is 1.11. The number of aromatic nitrogens is 1. The normalized spacial score (nSPS) is 14.9. The summed E-state index contributed by atoms with van der Waals surface area (Å²) < 4.78 is 17.0. The first-order chi connectivity index (χ1) is 8.10. The molecule has 0 radical (unpaired) electrons. The highest BCUT2D eigenvalue weighted by Crippen LogP contribution is 2.17. The van der Waals surface area contributed by atoms with E-state index in [0.717, 1.165) is 4.47 Å². The van der Waals surface area contributed by atoms with Crippen LogP contribution in [0.15, 0.2) is 27.2 Å². The lowest BCUT2D eigenvalue weighted by Gasteiger charge is -2.13. The minimum atomic E-state index is -2.58. The van der Waals surface area contributed by atoms with Gasteiger partial charge in [-0.25, -0.2) is 4.21 Å². The molecule has 18 heavy (non-hydrogen) atoms. The van der Waals surface area contributed by atoms with Crippen molar-refractivity contribution >= 4 is 31.6 Å². The van der Waals surface area contributed by atoms with E-state index in [1.165, 1.54) is 6.26 Å². The second-order valence-electron chi connectivity index (χ2n) is 5.22. The van der Waals surface area contributed by atoms with Crippen LogP contribution in [-0.2, 0) is 20.3 Å². The lowest BCUT2D eigenvalue weighted by molar-refractivity contribution is -0.124. The maximum atomic E-state index is 12.3. The van der Waals surface area contributed by atoms with Crippen LogP contribution in [0.1, 0.15) is 26.5 Å². The topological polar surface area (TPSA) is 59.4 Å². The Labute approximate surface area is 117 Å². The van der Waals surface area contributed by atoms with Crippen molar-refractivity contribution in [2.75, 3.05) is 6.26 Å². The van der Waals surface area contributed by atoms with E-state index in [2.05, 4.69) is 25.3 Å². The smallest absolute Gasteiger partial charge is 0.259 e. The number of nitrogens with zero attached hydrogens (tertiary/aromatic N) is 2. The van der Waals surface area contributed by atoms with Crippen LogP contribution in [0.2, 0.25) is 0 Å². The minimum Gasteiger partial charge on any atom is -0.271 e. The lowest BCUT2D eigenvalue weighted by atomic mass is 9.96. The first-order valence-electron chi connectivity index (χ1n) is 5.45. The molecule has 1 heterocycles. The molecule has 1 aromatic heterocycles. The first kappa shape index (κ1) is 15.3. The molecule has 6 heteroatoms. The third-order valence-corrected chi connectivity index (χ3v) is 3.97. The highest BCUT2D eigenvalue weighted by atomic mass is 79.9. The van der Waals surface area contributed by atoms with Gasteiger partial charge in [-0.15, -0.1) is 0 Å². The van der Waals surface area contributed by atoms with Crippen molar-refractivity contribution < 1.29 is 9.00 Å². The summed E-state index contributed by atoms with van der Waals surface area (Å²) in [6.45, 7) is 5.27. The van der Waals surface area contributed by atoms with Crippen LogP contribution in [0, 0.1) is 5.41 Å². The minimum absolute atomic E-state index is 0.183. The van der Waals surface area contributed by atoms with Crippen LogP contribution >= 0.6 is 15.9 Å². The molecular weight excluding hydrogens is 316 g/mol. The van der Waals surface area contributed by atoms with E-state index in [1.807, 2.05) is 6.07 Å². The molecule has 0 saturated carbocycles. The van der Waals surface area contributed by atoms with E-state index >= 15 is 0 Å². The van der Waals surface area contributed by atoms with Crippen molar-refractivity contribution in [1.82, 2.24) is 4.98 Å². The molecule has 0 saturated heterocycles. The SMILES string of the molecule is CC(C)(C)C(=O)N=[S@@](C)(=O)Cc1ccc(Br)cn1. The summed E-state index contributed by atoms with van der Waals surface area (Å²) in [5.74, 6) is -0.158. The van der Waals surface area contributed by atoms with Gasteiger partial charge in [0.05, 0.1) is 21.2 Å². The second-order valence-corrected chi connectivity index (χ2v) is 8.52. The monoisotopic (exact) mass is 332 g/mol. The molecule has 0 aliphatic carbocycles. The van der Waals surface area contributed by atoms with Gasteiger partial charge in [0.2, 0.25) is 0 Å². The largest absolute Gasteiger partial charge is 0.271 e. The molecule has 0 fully saturated rings. The van der Waals surface area contributed by atoms with E-state index in [9.17, 15) is 9.00 Å². The molecule has 0 aliphatic heterocycles. The Kier molecular flexibility index (Phi) is 4.66. The van der Waals surface area contributed by atoms with Crippen LogP contribution in [-0.4, -0.2) is 21.4 Å². The van der Waals surface area contributed by atoms with Crippen molar-refractivity contribution in [3.8, 4) is 0 Å². The Bertz CT molecular complexity index is 552. The molecule has 1 rings (SSSR count). The van der Waals surface area contributed by atoms with Gasteiger partial charge in [0.15, 0.2) is 0 Å². The number of hydrogen-bond acceptors (Lipinski definition) is 3. The van der Waals surface area contributed by atoms with Gasteiger partial charge in [-0.3, -0.25) is 9.78 Å². The molecule has 0 bridgehead atoms. The predicted molar refractivity (Wildman–Crippen MR) is 76.6 cm³/mol. The maximum Gasteiger partial charge on any atom is 0.259 e. The van der Waals surface area contributed by atoms with Crippen molar-refractivity contribution in [1.29, 1.82) is 0 Å². The zero-order valence-electron chi connectivity index (χ0n) is 10.9. The summed E-state index contributed by atoms with van der Waals surface area (Å²) in [5, 5.41) is 0. The standard InChI is InChI=1S/C12H17BrN2O2S/c1-12(2,3)11(16)15-18(4,17)8-10-6-5-9(13)7-14-10/h5-7H,8H2,1-4H3/t18-/m0/s1. The Hall–Kier alpha value is -0.750. The molecule has 0 unspecified atom stereocenters. The molecule has 4 nitrogen and oxygen atoms in total. The van der Waals surface area contributed by atoms with Gasteiger partial charge in [-0.05, 0) is 28.1 Å². The van der Waals surface area contributed by atoms with Crippen LogP contribution in [0.3, 0.4) is 0 Å². The molecule has 1 atom stereocenters. The van der Waals surface area contributed by atoms with E-state index in [1.54, 1.807) is 33.0 Å². The fourth-order valence-corrected chi connectivity index (χ4v) is 2.75. The zero-order valence-corrected chi connectivity index (χ0v) is 13.3. The predicted octanol–water partition coefficient (Wildman–Crippen LogP) is 3.01. The average Bonchev–Trinajstić information content (AvgIpc) is 2.19. The number of carbonyl (C=O) groups is 1. The van der Waals surface area contributed by atoms with Crippen LogP contribution in [0.25, 0.3) is 0 Å². The quantitative estimate of drug-likeness (QED) is 0.836. The van der Waals surface area contributed by atoms with E-state index in [-0.39, 0.29) is 11.7 Å². The molecule has 0 N–H and O–H groups in total. The number of halogens is 1. The maximum absolute atomic E-state index is 12.3. The number of carbonyl (C=O) groups excluding carboxylic acids is 1. The van der Waals surface area contributed by atoms with Crippen molar-refractivity contribution in [2.24, 2.45) is 9.78 Å². The third kappa shape index (κ3) is 4.86. The zero-order chi connectivity index (χ0) is 14.0. The second kappa shape index (κ2) is 5.48. The van der Waals surface area contributed by atoms with Crippen molar-refractivity contribution in [3.05, 3.63) is 28.5 Å². The Morgan fingerprint density at radius 3 is 2.50 bits per heavy atom. The number of amides is 1. The van der Waals surface area contributed by atoms with E-state index in [0.29, 0.717) is 5.69 Å².